The fourth-order valence-electron chi connectivity index (χ4n) is 2.34. The summed E-state index contributed by atoms with van der Waals surface area (Å²) in [6.07, 6.45) is 1.02. The minimum absolute atomic E-state index is 0.180. The van der Waals surface area contributed by atoms with Crippen molar-refractivity contribution in [1.82, 2.24) is 0 Å². The largest absolute Gasteiger partial charge is 0.346 e. The lowest BCUT2D eigenvalue weighted by atomic mass is 10.2. The number of rotatable bonds is 3. The van der Waals surface area contributed by atoms with Crippen molar-refractivity contribution in [2.45, 2.75) is 6.92 Å². The molecule has 0 saturated heterocycles. The maximum Gasteiger partial charge on any atom is 0.281 e. The van der Waals surface area contributed by atoms with E-state index in [9.17, 15) is 18.4 Å². The first-order valence-corrected chi connectivity index (χ1v) is 6.85. The number of amides is 2. The summed E-state index contributed by atoms with van der Waals surface area (Å²) in [7, 11) is 0. The quantitative estimate of drug-likeness (QED) is 0.886. The first kappa shape index (κ1) is 14.9. The van der Waals surface area contributed by atoms with Gasteiger partial charge >= 0.3 is 0 Å². The summed E-state index contributed by atoms with van der Waals surface area (Å²) in [5, 5.41) is 2.38. The lowest BCUT2D eigenvalue weighted by Crippen LogP contribution is -2.32. The molecule has 1 aliphatic rings. The van der Waals surface area contributed by atoms with Crippen molar-refractivity contribution in [3.8, 4) is 0 Å². The molecule has 0 spiro atoms. The smallest absolute Gasteiger partial charge is 0.281 e. The Balaban J connectivity index is 1.90. The number of aryl methyl sites for hydroxylation is 1. The summed E-state index contributed by atoms with van der Waals surface area (Å²) in [6.45, 7) is 1.55. The Morgan fingerprint density at radius 1 is 1.00 bits per heavy atom. The zero-order chi connectivity index (χ0) is 16.6. The van der Waals surface area contributed by atoms with Gasteiger partial charge in [-0.1, -0.05) is 18.2 Å². The second-order valence-corrected chi connectivity index (χ2v) is 5.10. The maximum absolute atomic E-state index is 13.9. The number of nitrogens with zero attached hydrogens (tertiary/aromatic N) is 1. The van der Waals surface area contributed by atoms with E-state index in [1.165, 1.54) is 0 Å². The first-order valence-electron chi connectivity index (χ1n) is 6.85. The fourth-order valence-corrected chi connectivity index (χ4v) is 2.34. The van der Waals surface area contributed by atoms with Crippen LogP contribution in [-0.2, 0) is 9.59 Å². The van der Waals surface area contributed by atoms with Crippen molar-refractivity contribution < 1.29 is 18.4 Å². The van der Waals surface area contributed by atoms with Crippen molar-refractivity contribution in [2.75, 3.05) is 10.2 Å². The highest BCUT2D eigenvalue weighted by Crippen LogP contribution is 2.26. The predicted octanol–water partition coefficient (Wildman–Crippen LogP) is 3.14. The number of para-hydroxylation sites is 1. The van der Waals surface area contributed by atoms with Crippen LogP contribution in [0.4, 0.5) is 20.2 Å². The predicted molar refractivity (Wildman–Crippen MR) is 81.7 cm³/mol. The van der Waals surface area contributed by atoms with Crippen LogP contribution in [0.1, 0.15) is 5.56 Å². The summed E-state index contributed by atoms with van der Waals surface area (Å²) in [6, 6.07) is 10.6. The molecule has 0 atom stereocenters. The van der Waals surface area contributed by atoms with Crippen molar-refractivity contribution in [1.29, 1.82) is 0 Å². The van der Waals surface area contributed by atoms with Crippen molar-refractivity contribution in [3.05, 3.63) is 71.4 Å². The molecule has 0 aliphatic carbocycles. The van der Waals surface area contributed by atoms with Crippen molar-refractivity contribution in [2.24, 2.45) is 0 Å². The van der Waals surface area contributed by atoms with E-state index < -0.39 is 29.1 Å². The third-order valence-electron chi connectivity index (χ3n) is 3.38. The molecule has 0 bridgehead atoms. The first-order chi connectivity index (χ1) is 11.0. The summed E-state index contributed by atoms with van der Waals surface area (Å²) >= 11 is 0. The number of carbonyl (C=O) groups excluding carboxylic acids is 2. The Bertz CT molecular complexity index is 809. The zero-order valence-electron chi connectivity index (χ0n) is 12.1. The van der Waals surface area contributed by atoms with E-state index in [0.717, 1.165) is 23.1 Å². The highest BCUT2D eigenvalue weighted by atomic mass is 19.1. The minimum atomic E-state index is -0.832. The van der Waals surface area contributed by atoms with Crippen LogP contribution in [0.5, 0.6) is 0 Å². The molecule has 0 saturated carbocycles. The second-order valence-electron chi connectivity index (χ2n) is 5.10. The Morgan fingerprint density at radius 2 is 1.61 bits per heavy atom. The van der Waals surface area contributed by atoms with Crippen LogP contribution in [0.25, 0.3) is 0 Å². The standard InChI is InChI=1S/C17H12F2N2O2/c1-10-7-12(18)16(13(19)8-10)20-14-9-15(22)21(17(14)23)11-5-3-2-4-6-11/h2-9,20H,1H3. The van der Waals surface area contributed by atoms with Crippen molar-refractivity contribution >= 4 is 23.2 Å². The Kier molecular flexibility index (Phi) is 3.65. The molecule has 1 heterocycles. The molecule has 6 heteroatoms. The molecule has 4 nitrogen and oxygen atoms in total. The van der Waals surface area contributed by atoms with Crippen LogP contribution >= 0.6 is 0 Å². The fraction of sp³-hybridized carbons (Fsp3) is 0.0588. The molecule has 1 aliphatic heterocycles. The van der Waals surface area contributed by atoms with Gasteiger partial charge in [-0.05, 0) is 36.8 Å². The number of anilines is 2. The maximum atomic E-state index is 13.9. The van der Waals surface area contributed by atoms with Gasteiger partial charge in [0.15, 0.2) is 0 Å². The van der Waals surface area contributed by atoms with Gasteiger partial charge in [0.2, 0.25) is 0 Å². The van der Waals surface area contributed by atoms with Crippen LogP contribution < -0.4 is 10.2 Å². The second kappa shape index (κ2) is 5.64. The summed E-state index contributed by atoms with van der Waals surface area (Å²) in [4.78, 5) is 25.3. The van der Waals surface area contributed by atoms with Gasteiger partial charge in [0.05, 0.1) is 5.69 Å². The molecule has 2 aromatic rings. The van der Waals surface area contributed by atoms with E-state index in [0.29, 0.717) is 11.3 Å². The van der Waals surface area contributed by atoms with E-state index in [4.69, 9.17) is 0 Å². The number of hydrogen-bond donors (Lipinski definition) is 1. The van der Waals surface area contributed by atoms with Crippen LogP contribution in [0.3, 0.4) is 0 Å². The van der Waals surface area contributed by atoms with Crippen molar-refractivity contribution in [3.63, 3.8) is 0 Å². The van der Waals surface area contributed by atoms with Crippen LogP contribution in [0.2, 0.25) is 0 Å². The monoisotopic (exact) mass is 314 g/mol. The van der Waals surface area contributed by atoms with Crippen LogP contribution in [-0.4, -0.2) is 11.8 Å². The van der Waals surface area contributed by atoms with E-state index in [1.54, 1.807) is 37.3 Å². The molecule has 116 valence electrons. The van der Waals surface area contributed by atoms with Crippen LogP contribution in [0.15, 0.2) is 54.2 Å². The highest BCUT2D eigenvalue weighted by Gasteiger charge is 2.33. The summed E-state index contributed by atoms with van der Waals surface area (Å²) in [5.74, 6) is -2.90. The minimum Gasteiger partial charge on any atom is -0.346 e. The van der Waals surface area contributed by atoms with E-state index >= 15 is 0 Å². The van der Waals surface area contributed by atoms with Gasteiger partial charge in [0, 0.05) is 6.08 Å². The third kappa shape index (κ3) is 2.70. The van der Waals surface area contributed by atoms with E-state index in [1.807, 2.05) is 0 Å². The highest BCUT2D eigenvalue weighted by molar-refractivity contribution is 6.31. The normalized spacial score (nSPS) is 14.2. The number of hydrogen-bond acceptors (Lipinski definition) is 3. The molecule has 2 amide bonds. The molecule has 0 aromatic heterocycles. The molecule has 0 radical (unpaired) electrons. The molecule has 0 unspecified atom stereocenters. The molecule has 1 N–H and O–H groups in total. The summed E-state index contributed by atoms with van der Waals surface area (Å²) < 4.78 is 27.7. The van der Waals surface area contributed by atoms with Gasteiger partial charge in [0.25, 0.3) is 11.8 Å². The van der Waals surface area contributed by atoms with Gasteiger partial charge in [-0.15, -0.1) is 0 Å². The van der Waals surface area contributed by atoms with Gasteiger partial charge in [-0.2, -0.15) is 0 Å². The Morgan fingerprint density at radius 3 is 2.22 bits per heavy atom. The molecule has 23 heavy (non-hydrogen) atoms. The lowest BCUT2D eigenvalue weighted by Gasteiger charge is -2.15. The van der Waals surface area contributed by atoms with Gasteiger partial charge in [-0.25, -0.2) is 13.7 Å². The van der Waals surface area contributed by atoms with Gasteiger partial charge in [0.1, 0.15) is 23.0 Å². The average molecular weight is 314 g/mol. The topological polar surface area (TPSA) is 49.4 Å². The molecular weight excluding hydrogens is 302 g/mol. The average Bonchev–Trinajstić information content (AvgIpc) is 2.78. The van der Waals surface area contributed by atoms with E-state index in [2.05, 4.69) is 5.32 Å². The number of benzene rings is 2. The number of carbonyl (C=O) groups is 2. The molecule has 0 fully saturated rings. The zero-order valence-corrected chi connectivity index (χ0v) is 12.1. The molecule has 3 rings (SSSR count). The SMILES string of the molecule is Cc1cc(F)c(NC2=CC(=O)N(c3ccccc3)C2=O)c(F)c1. The number of imide groups is 1. The lowest BCUT2D eigenvalue weighted by molar-refractivity contribution is -0.120. The van der Waals surface area contributed by atoms with Crippen LogP contribution in [0, 0.1) is 18.6 Å². The molecular formula is C17H12F2N2O2. The third-order valence-corrected chi connectivity index (χ3v) is 3.38. The Labute approximate surface area is 131 Å². The van der Waals surface area contributed by atoms with E-state index in [-0.39, 0.29) is 5.70 Å². The van der Waals surface area contributed by atoms with Gasteiger partial charge < -0.3 is 5.32 Å². The van der Waals surface area contributed by atoms with Gasteiger partial charge in [-0.3, -0.25) is 9.59 Å². The molecule has 2 aromatic carbocycles. The number of nitrogens with one attached hydrogen (secondary N) is 1. The summed E-state index contributed by atoms with van der Waals surface area (Å²) in [5.41, 5.74) is 0.165. The number of halogens is 2. The Hall–Kier alpha value is -3.02.